The molecule has 1 atom stereocenters. The lowest BCUT2D eigenvalue weighted by Crippen LogP contribution is -1.99. The molecule has 0 bridgehead atoms. The Labute approximate surface area is 89.7 Å². The summed E-state index contributed by atoms with van der Waals surface area (Å²) < 4.78 is 0. The van der Waals surface area contributed by atoms with Gasteiger partial charge in [0.15, 0.2) is 0 Å². The number of hydrogen-bond donors (Lipinski definition) is 1. The van der Waals surface area contributed by atoms with Gasteiger partial charge in [-0.15, -0.1) is 21.5 Å². The molecule has 1 aromatic rings. The molecular weight excluding hydrogens is 194 g/mol. The van der Waals surface area contributed by atoms with Crippen LogP contribution >= 0.6 is 11.3 Å². The van der Waals surface area contributed by atoms with E-state index in [4.69, 9.17) is 5.73 Å². The van der Waals surface area contributed by atoms with E-state index in [1.54, 1.807) is 11.3 Å². The van der Waals surface area contributed by atoms with Gasteiger partial charge < -0.3 is 5.73 Å². The third kappa shape index (κ3) is 3.72. The summed E-state index contributed by atoms with van der Waals surface area (Å²) in [6.45, 7) is 5.20. The first-order valence-corrected chi connectivity index (χ1v) is 6.09. The summed E-state index contributed by atoms with van der Waals surface area (Å²) in [7, 11) is 0. The van der Waals surface area contributed by atoms with Crippen molar-refractivity contribution < 1.29 is 0 Å². The van der Waals surface area contributed by atoms with Crippen molar-refractivity contribution in [2.24, 2.45) is 11.7 Å². The third-order valence-corrected chi connectivity index (χ3v) is 3.33. The smallest absolute Gasteiger partial charge is 0.117 e. The van der Waals surface area contributed by atoms with Crippen molar-refractivity contribution in [2.45, 2.75) is 39.5 Å². The fraction of sp³-hybridized carbons (Fsp3) is 0.800. The molecule has 0 spiro atoms. The summed E-state index contributed by atoms with van der Waals surface area (Å²) in [6, 6.07) is 0. The molecule has 0 amide bonds. The molecule has 0 aliphatic rings. The molecule has 14 heavy (non-hydrogen) atoms. The fourth-order valence-corrected chi connectivity index (χ4v) is 2.22. The van der Waals surface area contributed by atoms with Crippen LogP contribution < -0.4 is 5.73 Å². The van der Waals surface area contributed by atoms with E-state index >= 15 is 0 Å². The lowest BCUT2D eigenvalue weighted by Gasteiger charge is -2.02. The molecule has 2 N–H and O–H groups in total. The highest BCUT2D eigenvalue weighted by molar-refractivity contribution is 7.11. The van der Waals surface area contributed by atoms with Crippen LogP contribution in [0.1, 0.15) is 36.7 Å². The van der Waals surface area contributed by atoms with Gasteiger partial charge in [-0.3, -0.25) is 0 Å². The first kappa shape index (κ1) is 11.6. The normalized spacial score (nSPS) is 13.1. The summed E-state index contributed by atoms with van der Waals surface area (Å²) >= 11 is 1.74. The molecule has 0 aliphatic carbocycles. The second kappa shape index (κ2) is 6.09. The Morgan fingerprint density at radius 1 is 1.36 bits per heavy atom. The molecule has 0 radical (unpaired) electrons. The van der Waals surface area contributed by atoms with Crippen LogP contribution in [0.5, 0.6) is 0 Å². The van der Waals surface area contributed by atoms with Crippen LogP contribution in [0.15, 0.2) is 0 Å². The Kier molecular flexibility index (Phi) is 5.04. The van der Waals surface area contributed by atoms with E-state index in [0.717, 1.165) is 30.8 Å². The number of hydrogen-bond acceptors (Lipinski definition) is 4. The molecule has 4 heteroatoms. The van der Waals surface area contributed by atoms with Crippen molar-refractivity contribution in [3.05, 3.63) is 10.0 Å². The van der Waals surface area contributed by atoms with Crippen molar-refractivity contribution in [3.8, 4) is 0 Å². The van der Waals surface area contributed by atoms with Gasteiger partial charge in [0.2, 0.25) is 0 Å². The highest BCUT2D eigenvalue weighted by Crippen LogP contribution is 2.16. The molecule has 0 aromatic carbocycles. The minimum absolute atomic E-state index is 0.713. The first-order chi connectivity index (χ1) is 6.76. The maximum atomic E-state index is 5.44. The Morgan fingerprint density at radius 2 is 2.07 bits per heavy atom. The van der Waals surface area contributed by atoms with Crippen LogP contribution in [0.2, 0.25) is 0 Å². The Balaban J connectivity index is 2.42. The minimum Gasteiger partial charge on any atom is -0.330 e. The van der Waals surface area contributed by atoms with Crippen LogP contribution in [0.25, 0.3) is 0 Å². The monoisotopic (exact) mass is 213 g/mol. The quantitative estimate of drug-likeness (QED) is 0.786. The third-order valence-electron chi connectivity index (χ3n) is 2.32. The summed E-state index contributed by atoms with van der Waals surface area (Å²) in [6.07, 6.45) is 4.27. The number of aryl methyl sites for hydroxylation is 1. The number of nitrogens with two attached hydrogens (primary N) is 1. The van der Waals surface area contributed by atoms with Gasteiger partial charge in [0.05, 0.1) is 0 Å². The SMILES string of the molecule is CCC(C)Cc1nnc(CCCN)s1. The molecule has 1 unspecified atom stereocenters. The molecule has 1 aromatic heterocycles. The zero-order valence-electron chi connectivity index (χ0n) is 8.99. The van der Waals surface area contributed by atoms with E-state index in [1.807, 2.05) is 0 Å². The lowest BCUT2D eigenvalue weighted by atomic mass is 10.1. The van der Waals surface area contributed by atoms with Gasteiger partial charge >= 0.3 is 0 Å². The molecule has 1 heterocycles. The van der Waals surface area contributed by atoms with Crippen molar-refractivity contribution in [1.82, 2.24) is 10.2 Å². The largest absolute Gasteiger partial charge is 0.330 e. The maximum absolute atomic E-state index is 5.44. The summed E-state index contributed by atoms with van der Waals surface area (Å²) in [5.74, 6) is 0.713. The minimum atomic E-state index is 0.713. The van der Waals surface area contributed by atoms with Crippen molar-refractivity contribution >= 4 is 11.3 Å². The average molecular weight is 213 g/mol. The van der Waals surface area contributed by atoms with Crippen molar-refractivity contribution in [3.63, 3.8) is 0 Å². The second-order valence-corrected chi connectivity index (χ2v) is 4.85. The van der Waals surface area contributed by atoms with Gasteiger partial charge in [0.25, 0.3) is 0 Å². The maximum Gasteiger partial charge on any atom is 0.117 e. The van der Waals surface area contributed by atoms with Crippen LogP contribution in [0.3, 0.4) is 0 Å². The predicted molar refractivity (Wildman–Crippen MR) is 60.4 cm³/mol. The molecule has 0 fully saturated rings. The number of aromatic nitrogens is 2. The van der Waals surface area contributed by atoms with E-state index in [1.165, 1.54) is 11.4 Å². The van der Waals surface area contributed by atoms with Crippen LogP contribution in [0.4, 0.5) is 0 Å². The van der Waals surface area contributed by atoms with Crippen molar-refractivity contribution in [1.29, 1.82) is 0 Å². The highest BCUT2D eigenvalue weighted by atomic mass is 32.1. The molecule has 1 rings (SSSR count). The van der Waals surface area contributed by atoms with Gasteiger partial charge in [-0.05, 0) is 18.9 Å². The Morgan fingerprint density at radius 3 is 2.71 bits per heavy atom. The van der Waals surface area contributed by atoms with Crippen LogP contribution in [0, 0.1) is 5.92 Å². The van der Waals surface area contributed by atoms with E-state index in [2.05, 4.69) is 24.0 Å². The molecular formula is C10H19N3S. The predicted octanol–water partition coefficient (Wildman–Crippen LogP) is 2.02. The zero-order chi connectivity index (χ0) is 10.4. The van der Waals surface area contributed by atoms with Gasteiger partial charge in [-0.2, -0.15) is 0 Å². The average Bonchev–Trinajstić information content (AvgIpc) is 2.62. The summed E-state index contributed by atoms with van der Waals surface area (Å²) in [4.78, 5) is 0. The Hall–Kier alpha value is -0.480. The molecule has 80 valence electrons. The zero-order valence-corrected chi connectivity index (χ0v) is 9.81. The lowest BCUT2D eigenvalue weighted by molar-refractivity contribution is 0.556. The van der Waals surface area contributed by atoms with E-state index in [-0.39, 0.29) is 0 Å². The van der Waals surface area contributed by atoms with E-state index in [0.29, 0.717) is 5.92 Å². The molecule has 0 aliphatic heterocycles. The Bertz CT molecular complexity index is 260. The molecule has 0 saturated carbocycles. The summed E-state index contributed by atoms with van der Waals surface area (Å²) in [5, 5.41) is 10.6. The van der Waals surface area contributed by atoms with E-state index < -0.39 is 0 Å². The topological polar surface area (TPSA) is 51.8 Å². The highest BCUT2D eigenvalue weighted by Gasteiger charge is 2.07. The van der Waals surface area contributed by atoms with E-state index in [9.17, 15) is 0 Å². The van der Waals surface area contributed by atoms with Gasteiger partial charge in [0, 0.05) is 12.8 Å². The molecule has 3 nitrogen and oxygen atoms in total. The number of rotatable bonds is 6. The van der Waals surface area contributed by atoms with Gasteiger partial charge in [-0.25, -0.2) is 0 Å². The van der Waals surface area contributed by atoms with Gasteiger partial charge in [0.1, 0.15) is 10.0 Å². The number of nitrogens with zero attached hydrogens (tertiary/aromatic N) is 2. The fourth-order valence-electron chi connectivity index (χ4n) is 1.17. The van der Waals surface area contributed by atoms with Gasteiger partial charge in [-0.1, -0.05) is 20.3 Å². The molecule has 0 saturated heterocycles. The van der Waals surface area contributed by atoms with Crippen LogP contribution in [-0.4, -0.2) is 16.7 Å². The van der Waals surface area contributed by atoms with Crippen molar-refractivity contribution in [2.75, 3.05) is 6.54 Å². The first-order valence-electron chi connectivity index (χ1n) is 5.27. The van der Waals surface area contributed by atoms with Crippen LogP contribution in [-0.2, 0) is 12.8 Å². The standard InChI is InChI=1S/C10H19N3S/c1-3-8(2)7-10-13-12-9(14-10)5-4-6-11/h8H,3-7,11H2,1-2H3. The summed E-state index contributed by atoms with van der Waals surface area (Å²) in [5.41, 5.74) is 5.44. The second-order valence-electron chi connectivity index (χ2n) is 3.70.